The van der Waals surface area contributed by atoms with Gasteiger partial charge < -0.3 is 10.2 Å². The number of carbonyl (C=O) groups excluding carboxylic acids is 2. The summed E-state index contributed by atoms with van der Waals surface area (Å²) in [6.45, 7) is 8.56. The fourth-order valence-corrected chi connectivity index (χ4v) is 3.79. The third kappa shape index (κ3) is 3.72. The number of carbonyl (C=O) groups is 2. The number of hydrogen-bond donors (Lipinski definition) is 1. The van der Waals surface area contributed by atoms with Crippen molar-refractivity contribution in [3.8, 4) is 0 Å². The van der Waals surface area contributed by atoms with Gasteiger partial charge in [-0.15, -0.1) is 11.3 Å². The topological polar surface area (TPSA) is 65.5 Å². The Morgan fingerprint density at radius 1 is 1.22 bits per heavy atom. The Kier molecular flexibility index (Phi) is 4.68. The van der Waals surface area contributed by atoms with E-state index in [4.69, 9.17) is 0 Å². The highest BCUT2D eigenvalue weighted by atomic mass is 32.1. The molecule has 2 fully saturated rings. The molecule has 1 aromatic rings. The van der Waals surface area contributed by atoms with Gasteiger partial charge >= 0.3 is 0 Å². The summed E-state index contributed by atoms with van der Waals surface area (Å²) in [6, 6.07) is 0.269. The Morgan fingerprint density at radius 3 is 2.39 bits per heavy atom. The molecule has 7 heteroatoms. The van der Waals surface area contributed by atoms with Crippen LogP contribution in [0.5, 0.6) is 0 Å². The first kappa shape index (κ1) is 16.4. The molecule has 1 aromatic heterocycles. The number of aromatic nitrogens is 1. The number of nitrogens with one attached hydrogen (secondary N) is 1. The van der Waals surface area contributed by atoms with E-state index in [1.54, 1.807) is 0 Å². The summed E-state index contributed by atoms with van der Waals surface area (Å²) in [5.74, 6) is 0.184. The van der Waals surface area contributed by atoms with Crippen molar-refractivity contribution >= 4 is 23.2 Å². The smallest absolute Gasteiger partial charge is 0.265 e. The predicted molar refractivity (Wildman–Crippen MR) is 89.7 cm³/mol. The molecule has 0 bridgehead atoms. The van der Waals surface area contributed by atoms with Gasteiger partial charge in [0.25, 0.3) is 5.91 Å². The minimum Gasteiger partial charge on any atom is -0.352 e. The molecule has 0 aromatic carbocycles. The molecular weight excluding hydrogens is 312 g/mol. The van der Waals surface area contributed by atoms with Crippen molar-refractivity contribution in [2.24, 2.45) is 0 Å². The van der Waals surface area contributed by atoms with E-state index in [-0.39, 0.29) is 17.9 Å². The van der Waals surface area contributed by atoms with Crippen LogP contribution in [-0.4, -0.2) is 64.9 Å². The van der Waals surface area contributed by atoms with Crippen molar-refractivity contribution in [2.45, 2.75) is 45.7 Å². The van der Waals surface area contributed by atoms with E-state index in [1.807, 2.05) is 25.7 Å². The van der Waals surface area contributed by atoms with Crippen LogP contribution in [-0.2, 0) is 4.79 Å². The lowest BCUT2D eigenvalue weighted by atomic mass is 10.2. The monoisotopic (exact) mass is 336 g/mol. The van der Waals surface area contributed by atoms with Gasteiger partial charge in [0, 0.05) is 32.2 Å². The molecule has 6 nitrogen and oxygen atoms in total. The lowest BCUT2D eigenvalue weighted by Gasteiger charge is -2.37. The standard InChI is InChI=1S/C16H24N4O2S/c1-10-14(23-12(3)17-10)16(22)20-8-6-19(7-9-20)11(2)15(21)18-13-4-5-13/h11,13H,4-9H2,1-3H3,(H,18,21). The van der Waals surface area contributed by atoms with E-state index in [1.165, 1.54) is 11.3 Å². The SMILES string of the molecule is Cc1nc(C)c(C(=O)N2CCN(C(C)C(=O)NC3CC3)CC2)s1. The summed E-state index contributed by atoms with van der Waals surface area (Å²) < 4.78 is 0. The summed E-state index contributed by atoms with van der Waals surface area (Å²) in [4.78, 5) is 33.8. The lowest BCUT2D eigenvalue weighted by molar-refractivity contribution is -0.126. The first-order valence-electron chi connectivity index (χ1n) is 8.23. The third-order valence-electron chi connectivity index (χ3n) is 4.55. The Hall–Kier alpha value is -1.47. The van der Waals surface area contributed by atoms with Crippen LogP contribution < -0.4 is 5.32 Å². The van der Waals surface area contributed by atoms with Crippen molar-refractivity contribution in [3.05, 3.63) is 15.6 Å². The predicted octanol–water partition coefficient (Wildman–Crippen LogP) is 1.18. The molecule has 1 N–H and O–H groups in total. The van der Waals surface area contributed by atoms with E-state index >= 15 is 0 Å². The molecule has 126 valence electrons. The largest absolute Gasteiger partial charge is 0.352 e. The normalized spacial score (nSPS) is 20.4. The van der Waals surface area contributed by atoms with Crippen molar-refractivity contribution in [1.82, 2.24) is 20.1 Å². The van der Waals surface area contributed by atoms with Crippen LogP contribution in [0, 0.1) is 13.8 Å². The van der Waals surface area contributed by atoms with Crippen molar-refractivity contribution in [1.29, 1.82) is 0 Å². The van der Waals surface area contributed by atoms with Gasteiger partial charge in [0.15, 0.2) is 0 Å². The zero-order valence-electron chi connectivity index (χ0n) is 14.0. The summed E-state index contributed by atoms with van der Waals surface area (Å²) >= 11 is 1.46. The van der Waals surface area contributed by atoms with Crippen molar-refractivity contribution in [3.63, 3.8) is 0 Å². The molecule has 1 atom stereocenters. The van der Waals surface area contributed by atoms with Gasteiger partial charge in [0.2, 0.25) is 5.91 Å². The maximum atomic E-state index is 12.6. The fraction of sp³-hybridized carbons (Fsp3) is 0.688. The average Bonchev–Trinajstić information content (AvgIpc) is 3.28. The van der Waals surface area contributed by atoms with Crippen LogP contribution in [0.15, 0.2) is 0 Å². The molecule has 0 radical (unpaired) electrons. The maximum Gasteiger partial charge on any atom is 0.265 e. The second kappa shape index (κ2) is 6.57. The summed E-state index contributed by atoms with van der Waals surface area (Å²) in [5.41, 5.74) is 0.817. The molecular formula is C16H24N4O2S. The van der Waals surface area contributed by atoms with Gasteiger partial charge in [-0.2, -0.15) is 0 Å². The second-order valence-electron chi connectivity index (χ2n) is 6.43. The Bertz CT molecular complexity index is 603. The molecule has 1 unspecified atom stereocenters. The first-order valence-corrected chi connectivity index (χ1v) is 9.05. The number of piperazine rings is 1. The van der Waals surface area contributed by atoms with Crippen LogP contribution in [0.25, 0.3) is 0 Å². The van der Waals surface area contributed by atoms with E-state index in [9.17, 15) is 9.59 Å². The van der Waals surface area contributed by atoms with Gasteiger partial charge in [-0.25, -0.2) is 4.98 Å². The number of nitrogens with zero attached hydrogens (tertiary/aromatic N) is 3. The van der Waals surface area contributed by atoms with Crippen LogP contribution in [0.4, 0.5) is 0 Å². The first-order chi connectivity index (χ1) is 11.0. The van der Waals surface area contributed by atoms with E-state index in [0.717, 1.165) is 41.5 Å². The lowest BCUT2D eigenvalue weighted by Crippen LogP contribution is -2.55. The molecule has 2 amide bonds. The molecule has 1 saturated heterocycles. The number of aryl methyl sites for hydroxylation is 2. The third-order valence-corrected chi connectivity index (χ3v) is 5.61. The molecule has 1 saturated carbocycles. The zero-order chi connectivity index (χ0) is 16.6. The van der Waals surface area contributed by atoms with Gasteiger partial charge in [-0.05, 0) is 33.6 Å². The molecule has 2 aliphatic rings. The summed E-state index contributed by atoms with van der Waals surface area (Å²) in [5, 5.41) is 3.98. The minimum absolute atomic E-state index is 0.0721. The van der Waals surface area contributed by atoms with Crippen LogP contribution in [0.3, 0.4) is 0 Å². The van der Waals surface area contributed by atoms with Crippen LogP contribution >= 0.6 is 11.3 Å². The van der Waals surface area contributed by atoms with Crippen molar-refractivity contribution < 1.29 is 9.59 Å². The second-order valence-corrected chi connectivity index (χ2v) is 7.64. The quantitative estimate of drug-likeness (QED) is 0.897. The molecule has 1 aliphatic heterocycles. The van der Waals surface area contributed by atoms with E-state index in [0.29, 0.717) is 19.1 Å². The van der Waals surface area contributed by atoms with Crippen molar-refractivity contribution in [2.75, 3.05) is 26.2 Å². The van der Waals surface area contributed by atoms with Crippen LogP contribution in [0.1, 0.15) is 40.1 Å². The summed E-state index contributed by atoms with van der Waals surface area (Å²) in [7, 11) is 0. The molecule has 23 heavy (non-hydrogen) atoms. The number of thiazole rings is 1. The Labute approximate surface area is 140 Å². The highest BCUT2D eigenvalue weighted by molar-refractivity contribution is 7.13. The van der Waals surface area contributed by atoms with Crippen LogP contribution in [0.2, 0.25) is 0 Å². The molecule has 2 heterocycles. The Balaban J connectivity index is 1.54. The van der Waals surface area contributed by atoms with E-state index in [2.05, 4.69) is 15.2 Å². The molecule has 0 spiro atoms. The Morgan fingerprint density at radius 2 is 1.87 bits per heavy atom. The maximum absolute atomic E-state index is 12.6. The van der Waals surface area contributed by atoms with E-state index < -0.39 is 0 Å². The summed E-state index contributed by atoms with van der Waals surface area (Å²) in [6.07, 6.45) is 2.21. The minimum atomic E-state index is -0.125. The molecule has 3 rings (SSSR count). The molecule has 1 aliphatic carbocycles. The highest BCUT2D eigenvalue weighted by Gasteiger charge is 2.31. The highest BCUT2D eigenvalue weighted by Crippen LogP contribution is 2.21. The van der Waals surface area contributed by atoms with Gasteiger partial charge in [0.1, 0.15) is 4.88 Å². The fourth-order valence-electron chi connectivity index (χ4n) is 2.90. The van der Waals surface area contributed by atoms with Gasteiger partial charge in [0.05, 0.1) is 16.7 Å². The number of amides is 2. The average molecular weight is 336 g/mol. The zero-order valence-corrected chi connectivity index (χ0v) is 14.8. The van der Waals surface area contributed by atoms with Gasteiger partial charge in [-0.3, -0.25) is 14.5 Å². The van der Waals surface area contributed by atoms with Gasteiger partial charge in [-0.1, -0.05) is 0 Å². The number of hydrogen-bond acceptors (Lipinski definition) is 5. The number of rotatable bonds is 4.